The lowest BCUT2D eigenvalue weighted by Crippen LogP contribution is -2.29. The number of anilines is 1. The molecule has 27 heavy (non-hydrogen) atoms. The monoisotopic (exact) mass is 357 g/mol. The number of aliphatic hydroxyl groups excluding tert-OH is 2. The maximum Gasteiger partial charge on any atom is 0.0606 e. The van der Waals surface area contributed by atoms with Gasteiger partial charge in [0.1, 0.15) is 0 Å². The molecule has 2 N–H and O–H groups in total. The van der Waals surface area contributed by atoms with Gasteiger partial charge in [-0.15, -0.1) is 0 Å². The molecular weight excluding hydrogens is 334 g/mol. The molecule has 0 fully saturated rings. The van der Waals surface area contributed by atoms with Crippen LogP contribution in [0.2, 0.25) is 0 Å². The van der Waals surface area contributed by atoms with Gasteiger partial charge in [-0.2, -0.15) is 0 Å². The number of nitrogens with zero attached hydrogens (tertiary/aromatic N) is 1. The van der Waals surface area contributed by atoms with Gasteiger partial charge in [0.15, 0.2) is 0 Å². The highest BCUT2D eigenvalue weighted by Crippen LogP contribution is 2.44. The summed E-state index contributed by atoms with van der Waals surface area (Å²) in [7, 11) is 0. The zero-order valence-corrected chi connectivity index (χ0v) is 15.2. The van der Waals surface area contributed by atoms with Crippen molar-refractivity contribution in [3.63, 3.8) is 0 Å². The molecule has 136 valence electrons. The number of hydrogen-bond donors (Lipinski definition) is 2. The Labute approximate surface area is 159 Å². The number of hydrogen-bond acceptors (Lipinski definition) is 3. The second-order valence-electron chi connectivity index (χ2n) is 6.67. The van der Waals surface area contributed by atoms with E-state index in [9.17, 15) is 10.2 Å². The van der Waals surface area contributed by atoms with Crippen LogP contribution in [0.1, 0.15) is 16.7 Å². The van der Waals surface area contributed by atoms with E-state index in [1.807, 2.05) is 17.0 Å². The Bertz CT molecular complexity index is 907. The molecule has 3 aromatic carbocycles. The van der Waals surface area contributed by atoms with Gasteiger partial charge in [0.05, 0.1) is 13.2 Å². The van der Waals surface area contributed by atoms with Crippen LogP contribution in [0.15, 0.2) is 72.8 Å². The number of rotatable bonds is 6. The highest BCUT2D eigenvalue weighted by atomic mass is 16.3. The fourth-order valence-electron chi connectivity index (χ4n) is 3.77. The minimum atomic E-state index is 0.0688. The van der Waals surface area contributed by atoms with Gasteiger partial charge in [-0.1, -0.05) is 60.7 Å². The van der Waals surface area contributed by atoms with Gasteiger partial charge >= 0.3 is 0 Å². The molecule has 0 atom stereocenters. The predicted molar refractivity (Wildman–Crippen MR) is 112 cm³/mol. The number of aliphatic hydroxyl groups is 2. The first-order chi connectivity index (χ1) is 13.3. The third-order valence-electron chi connectivity index (χ3n) is 5.03. The third-order valence-corrected chi connectivity index (χ3v) is 5.03. The van der Waals surface area contributed by atoms with Crippen LogP contribution in [-0.2, 0) is 0 Å². The average molecular weight is 357 g/mol. The van der Waals surface area contributed by atoms with E-state index in [2.05, 4.69) is 66.7 Å². The van der Waals surface area contributed by atoms with Crippen molar-refractivity contribution in [2.45, 2.75) is 0 Å². The summed E-state index contributed by atoms with van der Waals surface area (Å²) in [4.78, 5) is 1.98. The van der Waals surface area contributed by atoms with Crippen molar-refractivity contribution in [3.8, 4) is 11.1 Å². The molecule has 0 aliphatic heterocycles. The highest BCUT2D eigenvalue weighted by molar-refractivity contribution is 6.06. The quantitative estimate of drug-likeness (QED) is 0.547. The molecule has 3 heteroatoms. The van der Waals surface area contributed by atoms with Crippen LogP contribution >= 0.6 is 0 Å². The van der Waals surface area contributed by atoms with Crippen LogP contribution in [0.5, 0.6) is 0 Å². The topological polar surface area (TPSA) is 43.7 Å². The van der Waals surface area contributed by atoms with Crippen molar-refractivity contribution in [2.75, 3.05) is 31.2 Å². The van der Waals surface area contributed by atoms with E-state index in [1.165, 1.54) is 27.8 Å². The van der Waals surface area contributed by atoms with Crippen molar-refractivity contribution in [1.82, 2.24) is 0 Å². The minimum absolute atomic E-state index is 0.0688. The zero-order valence-electron chi connectivity index (χ0n) is 15.2. The molecule has 0 heterocycles. The maximum absolute atomic E-state index is 9.22. The summed E-state index contributed by atoms with van der Waals surface area (Å²) in [6, 6.07) is 25.3. The van der Waals surface area contributed by atoms with Gasteiger partial charge in [0.25, 0.3) is 0 Å². The predicted octanol–water partition coefficient (Wildman–Crippen LogP) is 4.05. The fraction of sp³-hybridized carbons (Fsp3) is 0.167. The van der Waals surface area contributed by atoms with Gasteiger partial charge < -0.3 is 15.1 Å². The molecule has 3 aromatic rings. The molecule has 0 saturated heterocycles. The fourth-order valence-corrected chi connectivity index (χ4v) is 3.77. The summed E-state index contributed by atoms with van der Waals surface area (Å²) in [5.41, 5.74) is 8.49. The summed E-state index contributed by atoms with van der Waals surface area (Å²) in [6.45, 7) is 1.17. The van der Waals surface area contributed by atoms with Crippen molar-refractivity contribution >= 4 is 17.3 Å². The summed E-state index contributed by atoms with van der Waals surface area (Å²) < 4.78 is 0. The molecule has 0 unspecified atom stereocenters. The van der Waals surface area contributed by atoms with Crippen LogP contribution in [0.3, 0.4) is 0 Å². The first-order valence-corrected chi connectivity index (χ1v) is 9.29. The van der Waals surface area contributed by atoms with E-state index >= 15 is 0 Å². The lowest BCUT2D eigenvalue weighted by atomic mass is 10.0. The van der Waals surface area contributed by atoms with E-state index in [4.69, 9.17) is 0 Å². The largest absolute Gasteiger partial charge is 0.395 e. The number of fused-ring (bicyclic) bond motifs is 3. The first-order valence-electron chi connectivity index (χ1n) is 9.29. The van der Waals surface area contributed by atoms with Crippen molar-refractivity contribution < 1.29 is 10.2 Å². The van der Waals surface area contributed by atoms with E-state index < -0.39 is 0 Å². The average Bonchev–Trinajstić information content (AvgIpc) is 3.03. The van der Waals surface area contributed by atoms with E-state index in [0.29, 0.717) is 13.1 Å². The van der Waals surface area contributed by atoms with Crippen molar-refractivity contribution in [2.24, 2.45) is 0 Å². The van der Waals surface area contributed by atoms with Gasteiger partial charge in [-0.3, -0.25) is 0 Å². The van der Waals surface area contributed by atoms with Gasteiger partial charge in [-0.25, -0.2) is 0 Å². The molecular formula is C24H23NO2. The summed E-state index contributed by atoms with van der Waals surface area (Å²) >= 11 is 0. The lowest BCUT2D eigenvalue weighted by Gasteiger charge is -2.23. The third kappa shape index (κ3) is 3.39. The molecule has 0 amide bonds. The van der Waals surface area contributed by atoms with Crippen molar-refractivity contribution in [1.29, 1.82) is 0 Å². The molecule has 0 bridgehead atoms. The van der Waals surface area contributed by atoms with Crippen LogP contribution < -0.4 is 4.90 Å². The Morgan fingerprint density at radius 2 is 1.11 bits per heavy atom. The zero-order chi connectivity index (χ0) is 18.6. The summed E-state index contributed by atoms with van der Waals surface area (Å²) in [6.07, 6.45) is 2.23. The second kappa shape index (κ2) is 7.78. The second-order valence-corrected chi connectivity index (χ2v) is 6.67. The summed E-state index contributed by atoms with van der Waals surface area (Å²) in [5.74, 6) is 0. The van der Waals surface area contributed by atoms with Gasteiger partial charge in [0, 0.05) is 18.8 Å². The maximum atomic E-state index is 9.22. The van der Waals surface area contributed by atoms with Gasteiger partial charge in [-0.05, 0) is 51.6 Å². The van der Waals surface area contributed by atoms with Crippen molar-refractivity contribution in [3.05, 3.63) is 89.5 Å². The summed E-state index contributed by atoms with van der Waals surface area (Å²) in [5, 5.41) is 18.4. The SMILES string of the molecule is OCCN(CCO)c1ccc(C=C2c3ccccc3-c3ccccc32)cc1. The first kappa shape index (κ1) is 17.5. The molecule has 0 aromatic heterocycles. The van der Waals surface area contributed by atoms with Crippen LogP contribution in [0.25, 0.3) is 22.8 Å². The van der Waals surface area contributed by atoms with Crippen LogP contribution in [0.4, 0.5) is 5.69 Å². The van der Waals surface area contributed by atoms with Crippen LogP contribution in [0, 0.1) is 0 Å². The van der Waals surface area contributed by atoms with Gasteiger partial charge in [0.2, 0.25) is 0 Å². The standard InChI is InChI=1S/C24H23NO2/c26-15-13-25(14-16-27)19-11-9-18(10-12-19)17-24-22-7-3-1-5-20(22)21-6-2-4-8-23(21)24/h1-12,17,26-27H,13-16H2. The molecule has 0 saturated carbocycles. The Kier molecular flexibility index (Phi) is 5.05. The molecule has 1 aliphatic carbocycles. The molecule has 0 spiro atoms. The molecule has 1 aliphatic rings. The Morgan fingerprint density at radius 1 is 0.630 bits per heavy atom. The van der Waals surface area contributed by atoms with Crippen LogP contribution in [-0.4, -0.2) is 36.5 Å². The molecule has 3 nitrogen and oxygen atoms in total. The molecule has 4 rings (SSSR count). The Morgan fingerprint density at radius 3 is 1.59 bits per heavy atom. The normalized spacial score (nSPS) is 11.9. The van der Waals surface area contributed by atoms with E-state index in [0.717, 1.165) is 11.3 Å². The number of benzene rings is 3. The van der Waals surface area contributed by atoms with E-state index in [1.54, 1.807) is 0 Å². The lowest BCUT2D eigenvalue weighted by molar-refractivity contribution is 0.281. The van der Waals surface area contributed by atoms with E-state index in [-0.39, 0.29) is 13.2 Å². The highest BCUT2D eigenvalue weighted by Gasteiger charge is 2.22. The Balaban J connectivity index is 1.70. The Hall–Kier alpha value is -2.88. The minimum Gasteiger partial charge on any atom is -0.395 e. The smallest absolute Gasteiger partial charge is 0.0606 e. The molecule has 0 radical (unpaired) electrons.